The number of nitrogens with zero attached hydrogens (tertiary/aromatic N) is 2. The Kier molecular flexibility index (Phi) is 4.67. The van der Waals surface area contributed by atoms with Crippen molar-refractivity contribution in [2.45, 2.75) is 4.90 Å². The van der Waals surface area contributed by atoms with Gasteiger partial charge in [0.1, 0.15) is 6.54 Å². The third-order valence-corrected chi connectivity index (χ3v) is 3.69. The van der Waals surface area contributed by atoms with Crippen LogP contribution in [0.15, 0.2) is 33.6 Å². The highest BCUT2D eigenvalue weighted by Gasteiger charge is 2.22. The molecule has 2 rings (SSSR count). The molecule has 106 valence electrons. The van der Waals surface area contributed by atoms with Crippen molar-refractivity contribution in [2.24, 2.45) is 4.40 Å². The van der Waals surface area contributed by atoms with Crippen molar-refractivity contribution >= 4 is 15.9 Å². The molecule has 0 radical (unpaired) electrons. The summed E-state index contributed by atoms with van der Waals surface area (Å²) in [6, 6.07) is 5.99. The average Bonchev–Trinajstić information content (AvgIpc) is 2.50. The van der Waals surface area contributed by atoms with E-state index in [2.05, 4.69) is 25.5 Å². The van der Waals surface area contributed by atoms with Crippen molar-refractivity contribution in [1.82, 2.24) is 0 Å². The minimum atomic E-state index is -3.68. The molecular weight excluding hydrogens is 268 g/mol. The fraction of sp³-hybridized carbons (Fsp3) is 0.417. The molecule has 6 nitrogen and oxygen atoms in total. The Morgan fingerprint density at radius 2 is 1.84 bits per heavy atom. The molecule has 1 aromatic carbocycles. The fourth-order valence-electron chi connectivity index (χ4n) is 1.38. The maximum atomic E-state index is 11.1. The predicted octanol–water partition coefficient (Wildman–Crippen LogP) is -0.819. The highest BCUT2D eigenvalue weighted by atomic mass is 32.2. The van der Waals surface area contributed by atoms with Crippen LogP contribution in [0.1, 0.15) is 5.56 Å². The van der Waals surface area contributed by atoms with Gasteiger partial charge in [-0.3, -0.25) is 0 Å². The summed E-state index contributed by atoms with van der Waals surface area (Å²) in [6.07, 6.45) is 0. The van der Waals surface area contributed by atoms with Gasteiger partial charge in [-0.2, -0.15) is 12.8 Å². The molecule has 1 aliphatic heterocycles. The van der Waals surface area contributed by atoms with Crippen LogP contribution < -0.4 is 5.11 Å². The van der Waals surface area contributed by atoms with Gasteiger partial charge in [-0.1, -0.05) is 18.2 Å². The molecule has 0 aromatic heterocycles. The number of rotatable bonds is 2. The lowest BCUT2D eigenvalue weighted by Crippen LogP contribution is -2.36. The molecular formula is C12H18N2O4S. The lowest BCUT2D eigenvalue weighted by molar-refractivity contribution is -0.870. The molecule has 7 heteroatoms. The molecule has 0 bridgehead atoms. The lowest BCUT2D eigenvalue weighted by Gasteiger charge is -2.21. The predicted molar refractivity (Wildman–Crippen MR) is 70.2 cm³/mol. The van der Waals surface area contributed by atoms with Gasteiger partial charge < -0.3 is 14.7 Å². The van der Waals surface area contributed by atoms with E-state index in [1.165, 1.54) is 12.1 Å². The first kappa shape index (κ1) is 15.6. The van der Waals surface area contributed by atoms with Gasteiger partial charge in [-0.25, -0.2) is 0 Å². The second-order valence-corrected chi connectivity index (χ2v) is 6.68. The van der Waals surface area contributed by atoms with E-state index in [4.69, 9.17) is 5.11 Å². The van der Waals surface area contributed by atoms with Crippen LogP contribution in [0, 0.1) is 0 Å². The van der Waals surface area contributed by atoms with Gasteiger partial charge in [0, 0.05) is 11.5 Å². The van der Waals surface area contributed by atoms with Crippen molar-refractivity contribution in [1.29, 1.82) is 0 Å². The summed E-state index contributed by atoms with van der Waals surface area (Å²) in [6.45, 7) is 1.11. The summed E-state index contributed by atoms with van der Waals surface area (Å²) in [7, 11) is 2.48. The number of hydrogen-bond donors (Lipinski definition) is 1. The zero-order valence-corrected chi connectivity index (χ0v) is 12.0. The quantitative estimate of drug-likeness (QED) is 0.719. The maximum absolute atomic E-state index is 11.1. The van der Waals surface area contributed by atoms with Crippen LogP contribution >= 0.6 is 0 Å². The molecule has 1 aliphatic rings. The molecule has 0 atom stereocenters. The monoisotopic (exact) mass is 286 g/mol. The number of fused-ring (bicyclic) bond motifs is 1. The Labute approximate surface area is 113 Å². The van der Waals surface area contributed by atoms with Crippen LogP contribution in [0.2, 0.25) is 0 Å². The van der Waals surface area contributed by atoms with Crippen LogP contribution in [0.5, 0.6) is 0 Å². The Morgan fingerprint density at radius 3 is 2.26 bits per heavy atom. The largest absolute Gasteiger partial charge is 0.858 e. The number of sulfonamides is 1. The van der Waals surface area contributed by atoms with Crippen LogP contribution in [-0.2, 0) is 10.0 Å². The summed E-state index contributed by atoms with van der Waals surface area (Å²) in [5, 5.41) is 19.3. The highest BCUT2D eigenvalue weighted by Crippen LogP contribution is 2.23. The fourth-order valence-corrected chi connectivity index (χ4v) is 2.47. The van der Waals surface area contributed by atoms with Gasteiger partial charge in [0.25, 0.3) is 10.0 Å². The van der Waals surface area contributed by atoms with Gasteiger partial charge >= 0.3 is 0 Å². The first-order chi connectivity index (χ1) is 8.67. The van der Waals surface area contributed by atoms with E-state index in [1.807, 2.05) is 0 Å². The second-order valence-electron chi connectivity index (χ2n) is 5.11. The van der Waals surface area contributed by atoms with Gasteiger partial charge in [-0.15, -0.1) is 0 Å². The number of likely N-dealkylation sites (N-methyl/N-ethyl adjacent to an activating group) is 1. The zero-order valence-electron chi connectivity index (χ0n) is 11.2. The minimum Gasteiger partial charge on any atom is -0.858 e. The summed E-state index contributed by atoms with van der Waals surface area (Å²) >= 11 is 0. The van der Waals surface area contributed by atoms with Crippen molar-refractivity contribution in [3.8, 4) is 0 Å². The molecule has 0 aliphatic carbocycles. The number of quaternary nitrogens is 1. The van der Waals surface area contributed by atoms with Crippen molar-refractivity contribution in [3.63, 3.8) is 0 Å². The van der Waals surface area contributed by atoms with E-state index in [0.717, 1.165) is 11.0 Å². The van der Waals surface area contributed by atoms with E-state index in [9.17, 15) is 13.5 Å². The molecule has 1 heterocycles. The number of aliphatic hydroxyl groups excluding tert-OH is 1. The van der Waals surface area contributed by atoms with E-state index in [1.54, 1.807) is 12.1 Å². The van der Waals surface area contributed by atoms with Crippen LogP contribution in [0.3, 0.4) is 0 Å². The summed E-state index contributed by atoms with van der Waals surface area (Å²) in [4.78, 5) is 0.00926. The molecule has 0 unspecified atom stereocenters. The summed E-state index contributed by atoms with van der Waals surface area (Å²) in [5.41, 5.74) is 0.164. The topological polar surface area (TPSA) is 89.8 Å². The van der Waals surface area contributed by atoms with Gasteiger partial charge in [-0.05, 0) is 6.07 Å². The molecule has 1 aromatic rings. The van der Waals surface area contributed by atoms with Crippen LogP contribution in [-0.4, -0.2) is 58.2 Å². The number of aliphatic hydroxyl groups is 1. The Morgan fingerprint density at radius 1 is 1.26 bits per heavy atom. The first-order valence-corrected chi connectivity index (χ1v) is 7.14. The molecule has 1 N–H and O–H groups in total. The van der Waals surface area contributed by atoms with E-state index < -0.39 is 15.9 Å². The number of hydrogen-bond acceptors (Lipinski definition) is 4. The summed E-state index contributed by atoms with van der Waals surface area (Å²) in [5.74, 6) is -0.675. The molecule has 0 saturated heterocycles. The standard InChI is InChI=1S/C7H5NO3S.C5H14NO/c9-7-5-3-1-2-4-6(5)12(10,11)8-7;1-6(2,3)4-5-7/h1-4H,(H,8,9);7H,4-5H2,1-3H3/q;+1/p-1. The van der Waals surface area contributed by atoms with Crippen molar-refractivity contribution < 1.29 is 23.1 Å². The third kappa shape index (κ3) is 4.30. The number of benzene rings is 1. The average molecular weight is 286 g/mol. The molecule has 0 amide bonds. The van der Waals surface area contributed by atoms with Crippen LogP contribution in [0.25, 0.3) is 0 Å². The smallest absolute Gasteiger partial charge is 0.282 e. The normalized spacial score (nSPS) is 16.1. The summed E-state index contributed by atoms with van der Waals surface area (Å²) < 4.78 is 26.0. The SMILES string of the molecule is C[N+](C)(C)CCO.O=S1(=O)N=C([O-])c2ccccc21. The maximum Gasteiger partial charge on any atom is 0.282 e. The zero-order chi connectivity index (χ0) is 14.7. The Hall–Kier alpha value is -1.44. The van der Waals surface area contributed by atoms with Gasteiger partial charge in [0.05, 0.1) is 32.6 Å². The molecule has 19 heavy (non-hydrogen) atoms. The third-order valence-electron chi connectivity index (χ3n) is 2.37. The molecule has 0 saturated carbocycles. The van der Waals surface area contributed by atoms with Gasteiger partial charge in [0.2, 0.25) is 0 Å². The molecule has 0 fully saturated rings. The van der Waals surface area contributed by atoms with Crippen molar-refractivity contribution in [3.05, 3.63) is 29.8 Å². The Bertz CT molecular complexity index is 574. The highest BCUT2D eigenvalue weighted by molar-refractivity contribution is 7.90. The van der Waals surface area contributed by atoms with Gasteiger partial charge in [0.15, 0.2) is 0 Å². The second kappa shape index (κ2) is 5.68. The lowest BCUT2D eigenvalue weighted by atomic mass is 10.2. The Balaban J connectivity index is 0.000000224. The minimum absolute atomic E-state index is 0.00926. The van der Waals surface area contributed by atoms with E-state index >= 15 is 0 Å². The molecule has 0 spiro atoms. The first-order valence-electron chi connectivity index (χ1n) is 5.70. The van der Waals surface area contributed by atoms with E-state index in [-0.39, 0.29) is 17.1 Å². The van der Waals surface area contributed by atoms with Crippen molar-refractivity contribution in [2.75, 3.05) is 34.3 Å². The van der Waals surface area contributed by atoms with E-state index in [0.29, 0.717) is 0 Å². The van der Waals surface area contributed by atoms with Crippen LogP contribution in [0.4, 0.5) is 0 Å².